The normalized spacial score (nSPS) is 11.5. The van der Waals surface area contributed by atoms with Crippen molar-refractivity contribution in [2.24, 2.45) is 7.05 Å². The summed E-state index contributed by atoms with van der Waals surface area (Å²) in [4.78, 5) is 8.21. The highest BCUT2D eigenvalue weighted by atomic mass is 19.4. The van der Waals surface area contributed by atoms with E-state index in [-0.39, 0.29) is 29.4 Å². The van der Waals surface area contributed by atoms with Crippen molar-refractivity contribution in [3.8, 4) is 23.1 Å². The van der Waals surface area contributed by atoms with Gasteiger partial charge in [-0.25, -0.2) is 9.97 Å². The van der Waals surface area contributed by atoms with E-state index in [0.717, 1.165) is 6.07 Å². The molecule has 3 rings (SSSR count). The first-order valence-electron chi connectivity index (χ1n) is 7.42. The molecule has 0 bridgehead atoms. The van der Waals surface area contributed by atoms with E-state index in [1.807, 2.05) is 6.07 Å². The second-order valence-electron chi connectivity index (χ2n) is 5.31. The number of ether oxygens (including phenoxy) is 1. The molecule has 0 saturated heterocycles. The van der Waals surface area contributed by atoms with Gasteiger partial charge in [-0.1, -0.05) is 0 Å². The Labute approximate surface area is 141 Å². The molecule has 3 aromatic rings. The number of nitriles is 1. The molecule has 0 unspecified atom stereocenters. The van der Waals surface area contributed by atoms with Gasteiger partial charge in [0.05, 0.1) is 17.9 Å². The van der Waals surface area contributed by atoms with E-state index in [1.54, 1.807) is 30.8 Å². The molecular formula is C17H13F3N4O. The van der Waals surface area contributed by atoms with Gasteiger partial charge >= 0.3 is 6.18 Å². The second-order valence-corrected chi connectivity index (χ2v) is 5.31. The topological polar surface area (TPSA) is 63.7 Å². The fourth-order valence-corrected chi connectivity index (χ4v) is 2.59. The maximum absolute atomic E-state index is 13.4. The predicted molar refractivity (Wildman–Crippen MR) is 84.8 cm³/mol. The van der Waals surface area contributed by atoms with E-state index in [4.69, 9.17) is 10.00 Å². The maximum Gasteiger partial charge on any atom is 0.419 e. The van der Waals surface area contributed by atoms with Crippen LogP contribution in [0.25, 0.3) is 22.3 Å². The molecule has 2 aromatic heterocycles. The molecule has 5 nitrogen and oxygen atoms in total. The lowest BCUT2D eigenvalue weighted by molar-refractivity contribution is -0.138. The minimum absolute atomic E-state index is 0.105. The lowest BCUT2D eigenvalue weighted by Crippen LogP contribution is -2.09. The molecule has 128 valence electrons. The van der Waals surface area contributed by atoms with Crippen molar-refractivity contribution < 1.29 is 17.9 Å². The first-order chi connectivity index (χ1) is 11.8. The summed E-state index contributed by atoms with van der Waals surface area (Å²) in [6.07, 6.45) is -2.86. The highest BCUT2D eigenvalue weighted by molar-refractivity contribution is 5.91. The molecule has 0 aliphatic carbocycles. The Bertz CT molecular complexity index is 986. The van der Waals surface area contributed by atoms with E-state index in [1.165, 1.54) is 12.1 Å². The predicted octanol–water partition coefficient (Wildman–Crippen LogP) is 3.92. The summed E-state index contributed by atoms with van der Waals surface area (Å²) in [7, 11) is 1.74. The van der Waals surface area contributed by atoms with Crippen molar-refractivity contribution in [1.29, 1.82) is 5.26 Å². The largest absolute Gasteiger partial charge is 0.493 e. The van der Waals surface area contributed by atoms with Gasteiger partial charge in [0.2, 0.25) is 5.82 Å². The third-order valence-corrected chi connectivity index (χ3v) is 3.68. The van der Waals surface area contributed by atoms with Crippen molar-refractivity contribution in [3.63, 3.8) is 0 Å². The van der Waals surface area contributed by atoms with E-state index in [9.17, 15) is 13.2 Å². The Morgan fingerprint density at radius 1 is 1.24 bits per heavy atom. The van der Waals surface area contributed by atoms with Gasteiger partial charge in [-0.3, -0.25) is 0 Å². The smallest absolute Gasteiger partial charge is 0.419 e. The lowest BCUT2D eigenvalue weighted by Gasteiger charge is -2.15. The van der Waals surface area contributed by atoms with Crippen LogP contribution >= 0.6 is 0 Å². The molecule has 0 aliphatic rings. The molecule has 2 heterocycles. The number of hydrogen-bond acceptors (Lipinski definition) is 4. The van der Waals surface area contributed by atoms with Crippen molar-refractivity contribution in [3.05, 3.63) is 41.9 Å². The van der Waals surface area contributed by atoms with Crippen LogP contribution in [0, 0.1) is 11.3 Å². The highest BCUT2D eigenvalue weighted by Gasteiger charge is 2.35. The molecule has 0 atom stereocenters. The van der Waals surface area contributed by atoms with Crippen molar-refractivity contribution in [1.82, 2.24) is 14.5 Å². The molecule has 0 fully saturated rings. The van der Waals surface area contributed by atoms with E-state index in [0.29, 0.717) is 11.0 Å². The summed E-state index contributed by atoms with van der Waals surface area (Å²) < 4.78 is 46.8. The van der Waals surface area contributed by atoms with Crippen LogP contribution in [0.15, 0.2) is 30.5 Å². The maximum atomic E-state index is 13.4. The number of halogens is 3. The summed E-state index contributed by atoms with van der Waals surface area (Å²) >= 11 is 0. The van der Waals surface area contributed by atoms with E-state index < -0.39 is 11.7 Å². The number of benzene rings is 1. The monoisotopic (exact) mass is 346 g/mol. The molecule has 25 heavy (non-hydrogen) atoms. The molecule has 0 aliphatic heterocycles. The van der Waals surface area contributed by atoms with Gasteiger partial charge in [0.1, 0.15) is 17.5 Å². The van der Waals surface area contributed by atoms with Gasteiger partial charge in [0.15, 0.2) is 0 Å². The van der Waals surface area contributed by atoms with Gasteiger partial charge in [-0.2, -0.15) is 18.4 Å². The number of rotatable bonds is 3. The average molecular weight is 346 g/mol. The fraction of sp³-hybridized carbons (Fsp3) is 0.235. The first kappa shape index (κ1) is 16.8. The Balaban J connectivity index is 2.27. The summed E-state index contributed by atoms with van der Waals surface area (Å²) in [6.45, 7) is 1.74. The van der Waals surface area contributed by atoms with Crippen LogP contribution in [-0.4, -0.2) is 21.1 Å². The minimum atomic E-state index is -4.57. The summed E-state index contributed by atoms with van der Waals surface area (Å²) in [5.74, 6) is -0.343. The van der Waals surface area contributed by atoms with Crippen LogP contribution in [-0.2, 0) is 13.2 Å². The van der Waals surface area contributed by atoms with Gasteiger partial charge in [-0.05, 0) is 31.2 Å². The number of aryl methyl sites for hydroxylation is 1. The van der Waals surface area contributed by atoms with Crippen LogP contribution in [0.1, 0.15) is 18.3 Å². The zero-order chi connectivity index (χ0) is 18.2. The van der Waals surface area contributed by atoms with Gasteiger partial charge in [-0.15, -0.1) is 0 Å². The number of fused-ring (bicyclic) bond motifs is 1. The summed E-state index contributed by atoms with van der Waals surface area (Å²) in [5, 5.41) is 9.68. The number of alkyl halides is 3. The van der Waals surface area contributed by atoms with Gasteiger partial charge < -0.3 is 9.30 Å². The standard InChI is InChI=1S/C17H13F3N4O/c1-3-25-13-5-4-10(8-12(13)17(18,19)20)15-11-6-7-24(2)16(11)23-14(9-21)22-15/h4-8H,3H2,1-2H3. The zero-order valence-corrected chi connectivity index (χ0v) is 13.4. The third kappa shape index (κ3) is 3.01. The summed E-state index contributed by atoms with van der Waals surface area (Å²) in [6, 6.07) is 7.30. The highest BCUT2D eigenvalue weighted by Crippen LogP contribution is 2.39. The van der Waals surface area contributed by atoms with Gasteiger partial charge in [0.25, 0.3) is 0 Å². The molecule has 0 N–H and O–H groups in total. The molecule has 0 amide bonds. The Morgan fingerprint density at radius 3 is 2.64 bits per heavy atom. The van der Waals surface area contributed by atoms with Crippen molar-refractivity contribution >= 4 is 11.0 Å². The fourth-order valence-electron chi connectivity index (χ4n) is 2.59. The molecular weight excluding hydrogens is 333 g/mol. The second kappa shape index (κ2) is 6.09. The Kier molecular flexibility index (Phi) is 4.08. The van der Waals surface area contributed by atoms with Crippen LogP contribution in [0.4, 0.5) is 13.2 Å². The van der Waals surface area contributed by atoms with Crippen LogP contribution in [0.3, 0.4) is 0 Å². The van der Waals surface area contributed by atoms with Crippen LogP contribution in [0.2, 0.25) is 0 Å². The third-order valence-electron chi connectivity index (χ3n) is 3.68. The molecule has 0 saturated carbocycles. The van der Waals surface area contributed by atoms with Crippen molar-refractivity contribution in [2.45, 2.75) is 13.1 Å². The quantitative estimate of drug-likeness (QED) is 0.721. The van der Waals surface area contributed by atoms with E-state index >= 15 is 0 Å². The zero-order valence-electron chi connectivity index (χ0n) is 13.4. The average Bonchev–Trinajstić information content (AvgIpc) is 2.95. The number of aromatic nitrogens is 3. The van der Waals surface area contributed by atoms with E-state index in [2.05, 4.69) is 9.97 Å². The molecule has 0 spiro atoms. The minimum Gasteiger partial charge on any atom is -0.493 e. The molecule has 8 heteroatoms. The summed E-state index contributed by atoms with van der Waals surface area (Å²) in [5.41, 5.74) is 0.110. The van der Waals surface area contributed by atoms with Crippen LogP contribution in [0.5, 0.6) is 5.75 Å². The van der Waals surface area contributed by atoms with Crippen LogP contribution < -0.4 is 4.74 Å². The van der Waals surface area contributed by atoms with Crippen molar-refractivity contribution in [2.75, 3.05) is 6.61 Å². The molecule has 1 aromatic carbocycles. The first-order valence-corrected chi connectivity index (χ1v) is 7.42. The van der Waals surface area contributed by atoms with Gasteiger partial charge in [0, 0.05) is 24.2 Å². The number of nitrogens with zero attached hydrogens (tertiary/aromatic N) is 4. The number of hydrogen-bond donors (Lipinski definition) is 0. The Hall–Kier alpha value is -3.08. The molecule has 0 radical (unpaired) electrons. The Morgan fingerprint density at radius 2 is 2.00 bits per heavy atom. The SMILES string of the molecule is CCOc1ccc(-c2nc(C#N)nc3c2ccn3C)cc1C(F)(F)F. The lowest BCUT2D eigenvalue weighted by atomic mass is 10.0.